The van der Waals surface area contributed by atoms with Crippen molar-refractivity contribution in [1.82, 2.24) is 16.2 Å². The summed E-state index contributed by atoms with van der Waals surface area (Å²) in [6.45, 7) is 4.78. The lowest BCUT2D eigenvalue weighted by atomic mass is 9.74. The van der Waals surface area contributed by atoms with Gasteiger partial charge in [-0.25, -0.2) is 21.6 Å². The van der Waals surface area contributed by atoms with Gasteiger partial charge in [0.1, 0.15) is 11.6 Å². The van der Waals surface area contributed by atoms with Crippen molar-refractivity contribution in [2.45, 2.75) is 49.6 Å². The van der Waals surface area contributed by atoms with E-state index in [9.17, 15) is 12.8 Å². The zero-order valence-corrected chi connectivity index (χ0v) is 18.8. The highest BCUT2D eigenvalue weighted by atomic mass is 32.2. The maximum atomic E-state index is 15.7. The van der Waals surface area contributed by atoms with Crippen LogP contribution in [-0.2, 0) is 15.6 Å². The van der Waals surface area contributed by atoms with Gasteiger partial charge in [-0.1, -0.05) is 19.4 Å². The quantitative estimate of drug-likeness (QED) is 0.523. The molecular formula is C22H27F3N4O2S. The average Bonchev–Trinajstić information content (AvgIpc) is 3.19. The van der Waals surface area contributed by atoms with Crippen LogP contribution in [0.4, 0.5) is 18.9 Å². The summed E-state index contributed by atoms with van der Waals surface area (Å²) in [4.78, 5) is -0.300. The highest BCUT2D eigenvalue weighted by molar-refractivity contribution is 7.92. The minimum absolute atomic E-state index is 0.0388. The van der Waals surface area contributed by atoms with E-state index in [0.717, 1.165) is 30.8 Å². The number of halogens is 3. The molecule has 2 saturated heterocycles. The molecule has 0 spiro atoms. The number of hydrogen-bond acceptors (Lipinski definition) is 5. The van der Waals surface area contributed by atoms with E-state index in [1.165, 1.54) is 13.0 Å². The molecule has 0 amide bonds. The molecule has 4 N–H and O–H groups in total. The van der Waals surface area contributed by atoms with E-state index in [1.54, 1.807) is 0 Å². The minimum Gasteiger partial charge on any atom is -0.307 e. The number of piperidine rings is 1. The number of rotatable bonds is 6. The van der Waals surface area contributed by atoms with Crippen LogP contribution in [0.5, 0.6) is 0 Å². The summed E-state index contributed by atoms with van der Waals surface area (Å²) in [6, 6.07) is 5.52. The first-order valence-electron chi connectivity index (χ1n) is 10.7. The number of fused-ring (bicyclic) bond motifs is 1. The van der Waals surface area contributed by atoms with Crippen molar-refractivity contribution < 1.29 is 21.6 Å². The zero-order valence-electron chi connectivity index (χ0n) is 17.9. The fourth-order valence-corrected chi connectivity index (χ4v) is 6.17. The standard InChI is InChI=1S/C22H27F3N4O2S/c1-3-8-22(10-18-14(11-26-22)12-27-28-18)20-16(24)6-7-17(21(20)25)29-32(30,31)19-9-15(23)5-4-13(19)2/h4-7,9,14,18,26-29H,3,8,10-12H2,1-2H3. The van der Waals surface area contributed by atoms with Crippen LogP contribution in [-0.4, -0.2) is 27.5 Å². The maximum Gasteiger partial charge on any atom is 0.262 e. The molecule has 0 bridgehead atoms. The molecule has 6 nitrogen and oxygen atoms in total. The van der Waals surface area contributed by atoms with E-state index < -0.39 is 33.0 Å². The van der Waals surface area contributed by atoms with Crippen molar-refractivity contribution in [3.63, 3.8) is 0 Å². The Morgan fingerprint density at radius 1 is 1.16 bits per heavy atom. The number of benzene rings is 2. The highest BCUT2D eigenvalue weighted by Crippen LogP contribution is 2.41. The Labute approximate surface area is 186 Å². The molecule has 174 valence electrons. The van der Waals surface area contributed by atoms with Gasteiger partial charge in [-0.15, -0.1) is 0 Å². The summed E-state index contributed by atoms with van der Waals surface area (Å²) in [6.07, 6.45) is 1.60. The van der Waals surface area contributed by atoms with Crippen LogP contribution in [0.25, 0.3) is 0 Å². The van der Waals surface area contributed by atoms with Crippen LogP contribution in [0.1, 0.15) is 37.3 Å². The number of nitrogens with one attached hydrogen (secondary N) is 4. The summed E-state index contributed by atoms with van der Waals surface area (Å²) in [7, 11) is -4.29. The van der Waals surface area contributed by atoms with E-state index in [4.69, 9.17) is 0 Å². The molecule has 2 heterocycles. The first-order chi connectivity index (χ1) is 15.2. The van der Waals surface area contributed by atoms with Crippen LogP contribution < -0.4 is 20.9 Å². The van der Waals surface area contributed by atoms with Gasteiger partial charge in [0.2, 0.25) is 0 Å². The van der Waals surface area contributed by atoms with Gasteiger partial charge >= 0.3 is 0 Å². The number of sulfonamides is 1. The number of hydrazine groups is 1. The lowest BCUT2D eigenvalue weighted by Crippen LogP contribution is -2.56. The molecule has 0 aromatic heterocycles. The summed E-state index contributed by atoms with van der Waals surface area (Å²) in [5.74, 6) is -2.13. The molecule has 2 aromatic rings. The van der Waals surface area contributed by atoms with E-state index in [1.807, 2.05) is 6.92 Å². The first-order valence-corrected chi connectivity index (χ1v) is 12.2. The smallest absolute Gasteiger partial charge is 0.262 e. The first kappa shape index (κ1) is 23.0. The summed E-state index contributed by atoms with van der Waals surface area (Å²) in [5.41, 5.74) is 5.05. The third-order valence-electron chi connectivity index (χ3n) is 6.42. The van der Waals surface area contributed by atoms with Gasteiger partial charge in [-0.05, 0) is 49.6 Å². The molecule has 2 fully saturated rings. The lowest BCUT2D eigenvalue weighted by molar-refractivity contribution is 0.167. The maximum absolute atomic E-state index is 15.7. The van der Waals surface area contributed by atoms with Crippen LogP contribution >= 0.6 is 0 Å². The predicted octanol–water partition coefficient (Wildman–Crippen LogP) is 3.29. The van der Waals surface area contributed by atoms with Gasteiger partial charge in [0.05, 0.1) is 16.1 Å². The largest absolute Gasteiger partial charge is 0.307 e. The Morgan fingerprint density at radius 3 is 2.69 bits per heavy atom. The fourth-order valence-electron chi connectivity index (χ4n) is 4.85. The average molecular weight is 469 g/mol. The van der Waals surface area contributed by atoms with Gasteiger partial charge in [-0.3, -0.25) is 15.6 Å². The van der Waals surface area contributed by atoms with Gasteiger partial charge in [-0.2, -0.15) is 0 Å². The van der Waals surface area contributed by atoms with Crippen LogP contribution in [0.3, 0.4) is 0 Å². The van der Waals surface area contributed by atoms with E-state index in [0.29, 0.717) is 37.3 Å². The van der Waals surface area contributed by atoms with Gasteiger partial charge in [0.25, 0.3) is 10.0 Å². The van der Waals surface area contributed by atoms with Gasteiger partial charge < -0.3 is 5.32 Å². The second-order valence-corrected chi connectivity index (χ2v) is 10.3. The van der Waals surface area contributed by atoms with Gasteiger partial charge in [0, 0.05) is 30.6 Å². The normalized spacial score (nSPS) is 25.5. The zero-order chi connectivity index (χ0) is 23.1. The van der Waals surface area contributed by atoms with Crippen molar-refractivity contribution in [3.05, 3.63) is 58.9 Å². The van der Waals surface area contributed by atoms with Crippen molar-refractivity contribution in [2.24, 2.45) is 5.92 Å². The molecular weight excluding hydrogens is 441 g/mol. The molecule has 2 aliphatic heterocycles. The third kappa shape index (κ3) is 4.12. The monoisotopic (exact) mass is 468 g/mol. The Bertz CT molecular complexity index is 1130. The Morgan fingerprint density at radius 2 is 1.94 bits per heavy atom. The second kappa shape index (κ2) is 8.66. The molecule has 0 saturated carbocycles. The van der Waals surface area contributed by atoms with Crippen molar-refractivity contribution in [3.8, 4) is 0 Å². The number of aryl methyl sites for hydroxylation is 1. The molecule has 2 aromatic carbocycles. The predicted molar refractivity (Wildman–Crippen MR) is 116 cm³/mol. The van der Waals surface area contributed by atoms with Crippen LogP contribution in [0.15, 0.2) is 35.2 Å². The molecule has 0 aliphatic carbocycles. The highest BCUT2D eigenvalue weighted by Gasteiger charge is 2.46. The molecule has 3 unspecified atom stereocenters. The Kier molecular flexibility index (Phi) is 6.23. The Hall–Kier alpha value is -2.14. The van der Waals surface area contributed by atoms with Crippen LogP contribution in [0.2, 0.25) is 0 Å². The van der Waals surface area contributed by atoms with Crippen LogP contribution in [0, 0.1) is 30.3 Å². The third-order valence-corrected chi connectivity index (χ3v) is 7.93. The lowest BCUT2D eigenvalue weighted by Gasteiger charge is -2.44. The molecule has 2 aliphatic rings. The van der Waals surface area contributed by atoms with Gasteiger partial charge in [0.15, 0.2) is 5.82 Å². The summed E-state index contributed by atoms with van der Waals surface area (Å²) >= 11 is 0. The van der Waals surface area contributed by atoms with Crippen molar-refractivity contribution >= 4 is 15.7 Å². The van der Waals surface area contributed by atoms with E-state index in [-0.39, 0.29) is 22.2 Å². The molecule has 0 radical (unpaired) electrons. The molecule has 32 heavy (non-hydrogen) atoms. The number of anilines is 1. The minimum atomic E-state index is -4.29. The molecule has 4 rings (SSSR count). The summed E-state index contributed by atoms with van der Waals surface area (Å²) < 4.78 is 72.4. The number of hydrogen-bond donors (Lipinski definition) is 4. The van der Waals surface area contributed by atoms with Crippen molar-refractivity contribution in [1.29, 1.82) is 0 Å². The fraction of sp³-hybridized carbons (Fsp3) is 0.455. The molecule has 3 atom stereocenters. The SMILES string of the molecule is CCCC1(c2c(F)ccc(NS(=O)(=O)c3cc(F)ccc3C)c2F)CC2NNCC2CN1. The Balaban J connectivity index is 1.75. The van der Waals surface area contributed by atoms with E-state index in [2.05, 4.69) is 20.9 Å². The van der Waals surface area contributed by atoms with Crippen molar-refractivity contribution in [2.75, 3.05) is 17.8 Å². The van der Waals surface area contributed by atoms with E-state index >= 15 is 8.78 Å². The second-order valence-electron chi connectivity index (χ2n) is 8.61. The topological polar surface area (TPSA) is 82.3 Å². The summed E-state index contributed by atoms with van der Waals surface area (Å²) in [5, 5.41) is 3.35. The molecule has 10 heteroatoms.